The van der Waals surface area contributed by atoms with Crippen LogP contribution in [-0.2, 0) is 0 Å². The first kappa shape index (κ1) is 22.7. The summed E-state index contributed by atoms with van der Waals surface area (Å²) in [7, 11) is -2.23. The maximum atomic E-state index is 3.87. The SMILES string of the molecule is [c]1cc([SiH2]c2ccccc2)c([SiH2]c2ccccc2)c([SiH2]c2ccccc2)c1[SiH2]c1ccccc1. The summed E-state index contributed by atoms with van der Waals surface area (Å²) >= 11 is 0. The topological polar surface area (TPSA) is 0 Å². The molecule has 0 saturated carbocycles. The standard InChI is InChI=1S/C30H29Si4/c1-5-13-23(14-6-1)31-27-21-22-28(32-24-15-7-2-8-16-24)30(34-26-19-11-4-12-20-26)29(27)33-25-17-9-3-10-18-25/h1-21H,31-34H2. The van der Waals surface area contributed by atoms with Crippen molar-refractivity contribution in [3.05, 3.63) is 133 Å². The Morgan fingerprint density at radius 1 is 0.382 bits per heavy atom. The Morgan fingerprint density at radius 2 is 0.765 bits per heavy atom. The van der Waals surface area contributed by atoms with E-state index in [1.165, 1.54) is 10.4 Å². The van der Waals surface area contributed by atoms with Gasteiger partial charge in [-0.05, 0) is 6.07 Å². The molecule has 165 valence electrons. The second-order valence-corrected chi connectivity index (χ2v) is 16.5. The minimum atomic E-state index is -0.574. The molecule has 0 aliphatic heterocycles. The largest absolute Gasteiger partial charge is 0.0881 e. The summed E-state index contributed by atoms with van der Waals surface area (Å²) in [6.07, 6.45) is 0. The number of hydrogen-bond donors (Lipinski definition) is 0. The zero-order chi connectivity index (χ0) is 23.0. The molecular formula is C30H29Si4. The van der Waals surface area contributed by atoms with E-state index in [1.54, 1.807) is 31.1 Å². The Hall–Kier alpha value is -3.03. The third kappa shape index (κ3) is 5.90. The van der Waals surface area contributed by atoms with Crippen LogP contribution in [0, 0.1) is 6.07 Å². The highest BCUT2D eigenvalue weighted by Crippen LogP contribution is 1.88. The molecule has 1 radical (unpaired) electrons. The lowest BCUT2D eigenvalue weighted by atomic mass is 10.3. The second-order valence-electron chi connectivity index (χ2n) is 8.90. The van der Waals surface area contributed by atoms with Crippen LogP contribution in [0.5, 0.6) is 0 Å². The van der Waals surface area contributed by atoms with E-state index in [0.29, 0.717) is 0 Å². The molecule has 5 aromatic rings. The predicted molar refractivity (Wildman–Crippen MR) is 162 cm³/mol. The third-order valence-electron chi connectivity index (χ3n) is 6.45. The van der Waals surface area contributed by atoms with E-state index < -0.39 is 38.1 Å². The molecule has 0 N–H and O–H groups in total. The van der Waals surface area contributed by atoms with Gasteiger partial charge in [-0.3, -0.25) is 0 Å². The lowest BCUT2D eigenvalue weighted by Crippen LogP contribution is -2.61. The van der Waals surface area contributed by atoms with Gasteiger partial charge in [0, 0.05) is 0 Å². The molecule has 5 rings (SSSR count). The zero-order valence-electron chi connectivity index (χ0n) is 19.5. The van der Waals surface area contributed by atoms with Crippen LogP contribution in [-0.4, -0.2) is 38.1 Å². The summed E-state index contributed by atoms with van der Waals surface area (Å²) in [6.45, 7) is 0. The predicted octanol–water partition coefficient (Wildman–Crippen LogP) is -2.03. The molecule has 34 heavy (non-hydrogen) atoms. The minimum absolute atomic E-state index is 0.535. The van der Waals surface area contributed by atoms with Crippen molar-refractivity contribution in [2.75, 3.05) is 0 Å². The van der Waals surface area contributed by atoms with Gasteiger partial charge in [-0.25, -0.2) is 0 Å². The van der Waals surface area contributed by atoms with Crippen LogP contribution in [0.15, 0.2) is 127 Å². The highest BCUT2D eigenvalue weighted by atomic mass is 28.2. The van der Waals surface area contributed by atoms with Crippen LogP contribution in [0.1, 0.15) is 0 Å². The van der Waals surface area contributed by atoms with Gasteiger partial charge in [0.15, 0.2) is 0 Å². The van der Waals surface area contributed by atoms with Gasteiger partial charge < -0.3 is 0 Å². The molecule has 0 aliphatic rings. The Kier molecular flexibility index (Phi) is 7.63. The van der Waals surface area contributed by atoms with E-state index >= 15 is 0 Å². The van der Waals surface area contributed by atoms with Crippen LogP contribution in [0.25, 0.3) is 0 Å². The van der Waals surface area contributed by atoms with Crippen LogP contribution in [0.2, 0.25) is 0 Å². The molecule has 0 amide bonds. The van der Waals surface area contributed by atoms with E-state index in [-0.39, 0.29) is 0 Å². The summed E-state index contributed by atoms with van der Waals surface area (Å²) in [4.78, 5) is 0. The van der Waals surface area contributed by atoms with Gasteiger partial charge in [0.05, 0.1) is 38.1 Å². The molecular weight excluding hydrogens is 473 g/mol. The summed E-state index contributed by atoms with van der Waals surface area (Å²) < 4.78 is 0. The first-order valence-corrected chi connectivity index (χ1v) is 17.7. The number of benzene rings is 5. The van der Waals surface area contributed by atoms with Crippen molar-refractivity contribution in [1.29, 1.82) is 0 Å². The quantitative estimate of drug-likeness (QED) is 0.215. The van der Waals surface area contributed by atoms with Crippen molar-refractivity contribution in [3.8, 4) is 0 Å². The molecule has 0 spiro atoms. The van der Waals surface area contributed by atoms with Gasteiger partial charge >= 0.3 is 0 Å². The molecule has 4 heteroatoms. The molecule has 0 fully saturated rings. The lowest BCUT2D eigenvalue weighted by Gasteiger charge is -2.20. The summed E-state index contributed by atoms with van der Waals surface area (Å²) in [6, 6.07) is 51.0. The van der Waals surface area contributed by atoms with Crippen molar-refractivity contribution in [2.45, 2.75) is 0 Å². The van der Waals surface area contributed by atoms with Gasteiger partial charge in [-0.2, -0.15) is 0 Å². The molecule has 0 nitrogen and oxygen atoms in total. The highest BCUT2D eigenvalue weighted by molar-refractivity contribution is 6.88. The average Bonchev–Trinajstić information content (AvgIpc) is 2.90. The van der Waals surface area contributed by atoms with Crippen LogP contribution < -0.4 is 41.5 Å². The van der Waals surface area contributed by atoms with Gasteiger partial charge in [0.1, 0.15) is 0 Å². The smallest absolute Gasteiger partial charge is 0.0636 e. The van der Waals surface area contributed by atoms with Crippen LogP contribution in [0.3, 0.4) is 0 Å². The Balaban J connectivity index is 1.63. The Bertz CT molecular complexity index is 1220. The molecule has 0 heterocycles. The van der Waals surface area contributed by atoms with E-state index in [1.807, 2.05) is 0 Å². The second kappa shape index (κ2) is 11.4. The van der Waals surface area contributed by atoms with Crippen molar-refractivity contribution >= 4 is 79.6 Å². The van der Waals surface area contributed by atoms with Crippen LogP contribution in [0.4, 0.5) is 0 Å². The maximum Gasteiger partial charge on any atom is 0.0881 e. The van der Waals surface area contributed by atoms with E-state index in [9.17, 15) is 0 Å². The molecule has 5 aromatic carbocycles. The monoisotopic (exact) mass is 501 g/mol. The molecule has 0 atom stereocenters. The van der Waals surface area contributed by atoms with Crippen molar-refractivity contribution < 1.29 is 0 Å². The summed E-state index contributed by atoms with van der Waals surface area (Å²) in [5.74, 6) is 0. The lowest BCUT2D eigenvalue weighted by molar-refractivity contribution is 1.76. The van der Waals surface area contributed by atoms with Crippen molar-refractivity contribution in [3.63, 3.8) is 0 Å². The van der Waals surface area contributed by atoms with Gasteiger partial charge in [0.2, 0.25) is 0 Å². The van der Waals surface area contributed by atoms with E-state index in [0.717, 1.165) is 0 Å². The van der Waals surface area contributed by atoms with Gasteiger partial charge in [-0.15, -0.1) is 0 Å². The molecule has 0 aliphatic carbocycles. The minimum Gasteiger partial charge on any atom is -0.0636 e. The Labute approximate surface area is 212 Å². The molecule has 0 unspecified atom stereocenters. The van der Waals surface area contributed by atoms with Crippen LogP contribution >= 0.6 is 0 Å². The Morgan fingerprint density at radius 3 is 1.24 bits per heavy atom. The van der Waals surface area contributed by atoms with Crippen molar-refractivity contribution in [1.82, 2.24) is 0 Å². The first-order valence-electron chi connectivity index (χ1n) is 12.0. The fraction of sp³-hybridized carbons (Fsp3) is 0. The van der Waals surface area contributed by atoms with Gasteiger partial charge in [-0.1, -0.05) is 169 Å². The molecule has 0 saturated heterocycles. The van der Waals surface area contributed by atoms with E-state index in [4.69, 9.17) is 0 Å². The summed E-state index contributed by atoms with van der Waals surface area (Å²) in [5.41, 5.74) is 0. The first-order chi connectivity index (χ1) is 16.8. The van der Waals surface area contributed by atoms with Crippen molar-refractivity contribution in [2.24, 2.45) is 0 Å². The highest BCUT2D eigenvalue weighted by Gasteiger charge is 2.17. The summed E-state index contributed by atoms with van der Waals surface area (Å²) in [5, 5.41) is 12.8. The van der Waals surface area contributed by atoms with E-state index in [2.05, 4.69) is 133 Å². The molecule has 0 aromatic heterocycles. The molecule has 0 bridgehead atoms. The van der Waals surface area contributed by atoms with Gasteiger partial charge in [0.25, 0.3) is 0 Å². The fourth-order valence-electron chi connectivity index (χ4n) is 4.69. The maximum absolute atomic E-state index is 3.87. The fourth-order valence-corrected chi connectivity index (χ4v) is 13.9. The number of hydrogen-bond acceptors (Lipinski definition) is 0. The number of rotatable bonds is 8. The zero-order valence-corrected chi connectivity index (χ0v) is 25.1. The normalized spacial score (nSPS) is 12.2. The third-order valence-corrected chi connectivity index (χ3v) is 15.9. The average molecular weight is 502 g/mol.